The topological polar surface area (TPSA) is 59.0 Å². The number of ether oxygens (including phenoxy) is 2. The summed E-state index contributed by atoms with van der Waals surface area (Å²) in [5.41, 5.74) is 0.105. The molecule has 3 atom stereocenters. The normalized spacial score (nSPS) is 31.7. The molecule has 1 N–H and O–H groups in total. The lowest BCUT2D eigenvalue weighted by atomic mass is 9.66. The first-order chi connectivity index (χ1) is 12.6. The molecule has 1 saturated carbocycles. The fraction of sp³-hybridized carbons (Fsp3) is 0.571. The van der Waals surface area contributed by atoms with E-state index in [4.69, 9.17) is 9.47 Å². The molecule has 1 saturated heterocycles. The zero-order chi connectivity index (χ0) is 18.1. The highest BCUT2D eigenvalue weighted by Crippen LogP contribution is 2.47. The van der Waals surface area contributed by atoms with Gasteiger partial charge in [-0.15, -0.1) is 0 Å². The molecule has 0 unspecified atom stereocenters. The van der Waals surface area contributed by atoms with Gasteiger partial charge in [-0.25, -0.2) is 0 Å². The van der Waals surface area contributed by atoms with Crippen molar-refractivity contribution >= 4 is 5.91 Å². The summed E-state index contributed by atoms with van der Waals surface area (Å²) in [5.74, 6) is 0.874. The van der Waals surface area contributed by atoms with Crippen LogP contribution in [0.25, 0.3) is 0 Å². The van der Waals surface area contributed by atoms with Gasteiger partial charge in [-0.1, -0.05) is 43.2 Å². The Bertz CT molecular complexity index is 701. The van der Waals surface area contributed by atoms with Gasteiger partial charge in [0, 0.05) is 18.5 Å². The van der Waals surface area contributed by atoms with Crippen LogP contribution in [-0.2, 0) is 19.9 Å². The number of fused-ring (bicyclic) bond motifs is 1. The summed E-state index contributed by atoms with van der Waals surface area (Å²) in [6, 6.07) is 9.98. The van der Waals surface area contributed by atoms with E-state index in [1.807, 2.05) is 35.2 Å². The number of piperidine rings is 1. The van der Waals surface area contributed by atoms with Crippen LogP contribution in [0, 0.1) is 5.92 Å². The van der Waals surface area contributed by atoms with Crippen LogP contribution in [0.3, 0.4) is 0 Å². The molecule has 0 radical (unpaired) electrons. The molecule has 5 nitrogen and oxygen atoms in total. The third-order valence-electron chi connectivity index (χ3n) is 6.17. The fourth-order valence-corrected chi connectivity index (χ4v) is 4.87. The first-order valence-corrected chi connectivity index (χ1v) is 9.66. The lowest BCUT2D eigenvalue weighted by Crippen LogP contribution is -2.59. The molecule has 2 heterocycles. The van der Waals surface area contributed by atoms with Gasteiger partial charge in [-0.3, -0.25) is 4.79 Å². The Morgan fingerprint density at radius 2 is 1.88 bits per heavy atom. The summed E-state index contributed by atoms with van der Waals surface area (Å²) in [6.07, 6.45) is 4.61. The van der Waals surface area contributed by atoms with Crippen LogP contribution in [0.1, 0.15) is 44.6 Å². The number of carbonyl (C=O) groups excluding carboxylic acids is 1. The highest BCUT2D eigenvalue weighted by atomic mass is 16.6. The largest absolute Gasteiger partial charge is 0.491 e. The van der Waals surface area contributed by atoms with Gasteiger partial charge in [-0.05, 0) is 31.7 Å². The Labute approximate surface area is 154 Å². The molecule has 4 rings (SSSR count). The first kappa shape index (κ1) is 17.4. The first-order valence-electron chi connectivity index (χ1n) is 9.66. The van der Waals surface area contributed by atoms with Gasteiger partial charge in [0.25, 0.3) is 5.91 Å². The summed E-state index contributed by atoms with van der Waals surface area (Å²) >= 11 is 0. The predicted molar refractivity (Wildman–Crippen MR) is 97.0 cm³/mol. The van der Waals surface area contributed by atoms with Crippen molar-refractivity contribution in [2.24, 2.45) is 5.92 Å². The molecule has 1 aromatic carbocycles. The number of hydrogen-bond donors (Lipinski definition) is 1. The van der Waals surface area contributed by atoms with Crippen LogP contribution >= 0.6 is 0 Å². The second-order valence-electron chi connectivity index (χ2n) is 7.58. The molecular weight excluding hydrogens is 330 g/mol. The van der Waals surface area contributed by atoms with Crippen molar-refractivity contribution in [3.63, 3.8) is 0 Å². The van der Waals surface area contributed by atoms with Crippen LogP contribution < -0.4 is 0 Å². The highest BCUT2D eigenvalue weighted by molar-refractivity contribution is 5.92. The van der Waals surface area contributed by atoms with Gasteiger partial charge >= 0.3 is 0 Å². The van der Waals surface area contributed by atoms with Crippen molar-refractivity contribution in [1.82, 2.24) is 4.90 Å². The van der Waals surface area contributed by atoms with Gasteiger partial charge in [0.2, 0.25) is 5.76 Å². The third-order valence-corrected chi connectivity index (χ3v) is 6.17. The zero-order valence-corrected chi connectivity index (χ0v) is 15.3. The SMILES string of the molecule is CC1=C(C(=O)N2CC[C@@](O)(c3ccccc3)[C@H]3CCCC[C@H]32)OCCO1. The summed E-state index contributed by atoms with van der Waals surface area (Å²) in [6.45, 7) is 3.22. The standard InChI is InChI=1S/C21H27NO4/c1-15-19(26-14-13-25-15)20(23)22-12-11-21(24,16-7-3-2-4-8-16)17-9-5-6-10-18(17)22/h2-4,7-8,17-18,24H,5-6,9-14H2,1H3/t17-,18+,21+/m0/s1. The van der Waals surface area contributed by atoms with E-state index in [1.54, 1.807) is 6.92 Å². The summed E-state index contributed by atoms with van der Waals surface area (Å²) in [5, 5.41) is 11.6. The second-order valence-corrected chi connectivity index (χ2v) is 7.58. The lowest BCUT2D eigenvalue weighted by Gasteiger charge is -2.52. The zero-order valence-electron chi connectivity index (χ0n) is 15.3. The molecule has 0 bridgehead atoms. The minimum Gasteiger partial charge on any atom is -0.491 e. The van der Waals surface area contributed by atoms with Crippen molar-refractivity contribution in [2.75, 3.05) is 19.8 Å². The maximum Gasteiger partial charge on any atom is 0.292 e. The third kappa shape index (κ3) is 2.88. The Morgan fingerprint density at radius 1 is 1.15 bits per heavy atom. The van der Waals surface area contributed by atoms with Crippen LogP contribution in [0.15, 0.2) is 41.9 Å². The van der Waals surface area contributed by atoms with Crippen molar-refractivity contribution in [2.45, 2.75) is 50.7 Å². The van der Waals surface area contributed by atoms with Crippen LogP contribution in [0.5, 0.6) is 0 Å². The fourth-order valence-electron chi connectivity index (χ4n) is 4.87. The van der Waals surface area contributed by atoms with E-state index in [2.05, 4.69) is 0 Å². The monoisotopic (exact) mass is 357 g/mol. The molecule has 26 heavy (non-hydrogen) atoms. The van der Waals surface area contributed by atoms with Gasteiger partial charge in [0.1, 0.15) is 19.0 Å². The summed E-state index contributed by atoms with van der Waals surface area (Å²) < 4.78 is 11.1. The van der Waals surface area contributed by atoms with E-state index in [-0.39, 0.29) is 17.9 Å². The quantitative estimate of drug-likeness (QED) is 0.884. The summed E-state index contributed by atoms with van der Waals surface area (Å²) in [7, 11) is 0. The Kier molecular flexibility index (Phi) is 4.65. The smallest absolute Gasteiger partial charge is 0.292 e. The number of carbonyl (C=O) groups is 1. The Morgan fingerprint density at radius 3 is 2.65 bits per heavy atom. The molecular formula is C21H27NO4. The second kappa shape index (κ2) is 6.95. The van der Waals surface area contributed by atoms with E-state index in [9.17, 15) is 9.90 Å². The van der Waals surface area contributed by atoms with Crippen molar-refractivity contribution in [1.29, 1.82) is 0 Å². The van der Waals surface area contributed by atoms with Crippen molar-refractivity contribution in [3.05, 3.63) is 47.4 Å². The Hall–Kier alpha value is -2.01. The van der Waals surface area contributed by atoms with Crippen LogP contribution in [0.2, 0.25) is 0 Å². The van der Waals surface area contributed by atoms with Gasteiger partial charge in [0.05, 0.1) is 5.60 Å². The average molecular weight is 357 g/mol. The van der Waals surface area contributed by atoms with Gasteiger partial charge in [0.15, 0.2) is 0 Å². The van der Waals surface area contributed by atoms with Crippen molar-refractivity contribution in [3.8, 4) is 0 Å². The van der Waals surface area contributed by atoms with E-state index < -0.39 is 5.60 Å². The van der Waals surface area contributed by atoms with Crippen molar-refractivity contribution < 1.29 is 19.4 Å². The van der Waals surface area contributed by atoms with E-state index >= 15 is 0 Å². The van der Waals surface area contributed by atoms with E-state index in [0.717, 1.165) is 31.2 Å². The molecule has 140 valence electrons. The maximum atomic E-state index is 13.1. The lowest BCUT2D eigenvalue weighted by molar-refractivity contribution is -0.155. The number of benzene rings is 1. The molecule has 1 aliphatic carbocycles. The van der Waals surface area contributed by atoms with Crippen LogP contribution in [-0.4, -0.2) is 41.7 Å². The molecule has 1 aromatic rings. The number of amides is 1. The minimum absolute atomic E-state index is 0.0426. The summed E-state index contributed by atoms with van der Waals surface area (Å²) in [4.78, 5) is 15.1. The van der Waals surface area contributed by atoms with Gasteiger partial charge < -0.3 is 19.5 Å². The number of rotatable bonds is 2. The number of hydrogen-bond acceptors (Lipinski definition) is 4. The number of likely N-dealkylation sites (tertiary alicyclic amines) is 1. The molecule has 3 aliphatic rings. The number of aliphatic hydroxyl groups is 1. The number of nitrogens with zero attached hydrogens (tertiary/aromatic N) is 1. The maximum absolute atomic E-state index is 13.1. The molecule has 2 fully saturated rings. The molecule has 2 aliphatic heterocycles. The minimum atomic E-state index is -0.865. The van der Waals surface area contributed by atoms with E-state index in [0.29, 0.717) is 37.7 Å². The highest BCUT2D eigenvalue weighted by Gasteiger charge is 2.51. The Balaban J connectivity index is 1.64. The molecule has 0 spiro atoms. The van der Waals surface area contributed by atoms with Crippen LogP contribution in [0.4, 0.5) is 0 Å². The predicted octanol–water partition coefficient (Wildman–Crippen LogP) is 2.94. The molecule has 5 heteroatoms. The van der Waals surface area contributed by atoms with E-state index in [1.165, 1.54) is 0 Å². The van der Waals surface area contributed by atoms with Gasteiger partial charge in [-0.2, -0.15) is 0 Å². The average Bonchev–Trinajstić information content (AvgIpc) is 2.69. The molecule has 0 aromatic heterocycles. The number of allylic oxidation sites excluding steroid dienone is 1. The molecule has 1 amide bonds.